The normalized spacial score (nSPS) is 20.2. The highest BCUT2D eigenvalue weighted by Gasteiger charge is 2.34. The van der Waals surface area contributed by atoms with Crippen LogP contribution in [0.2, 0.25) is 0 Å². The number of aliphatic imine (C=N–C) groups is 2. The van der Waals surface area contributed by atoms with E-state index >= 15 is 0 Å². The minimum Gasteiger partial charge on any atom is -0.271 e. The van der Waals surface area contributed by atoms with Crippen LogP contribution in [0.25, 0.3) is 0 Å². The maximum Gasteiger partial charge on any atom is 0.417 e. The van der Waals surface area contributed by atoms with Gasteiger partial charge in [0.15, 0.2) is 0 Å². The predicted molar refractivity (Wildman–Crippen MR) is 60.6 cm³/mol. The van der Waals surface area contributed by atoms with Crippen LogP contribution >= 0.6 is 0 Å². The third-order valence-corrected chi connectivity index (χ3v) is 2.49. The number of hydrogen-bond donors (Lipinski definition) is 0. The number of benzene rings is 1. The molecule has 0 spiro atoms. The van der Waals surface area contributed by atoms with Crippen molar-refractivity contribution < 1.29 is 13.2 Å². The van der Waals surface area contributed by atoms with Gasteiger partial charge in [-0.3, -0.25) is 9.98 Å². The highest BCUT2D eigenvalue weighted by atomic mass is 19.4. The van der Waals surface area contributed by atoms with Gasteiger partial charge in [0.05, 0.1) is 11.3 Å². The first-order valence-electron chi connectivity index (χ1n) is 5.23. The SMILES string of the molecule is CC1N=CCC(c2ccccc2C(F)(F)F)=N1. The largest absolute Gasteiger partial charge is 0.417 e. The summed E-state index contributed by atoms with van der Waals surface area (Å²) in [6, 6.07) is 5.50. The van der Waals surface area contributed by atoms with E-state index in [0.717, 1.165) is 6.07 Å². The molecule has 0 aliphatic carbocycles. The van der Waals surface area contributed by atoms with Crippen molar-refractivity contribution in [1.82, 2.24) is 0 Å². The fourth-order valence-electron chi connectivity index (χ4n) is 1.76. The maximum atomic E-state index is 12.8. The third kappa shape index (κ3) is 2.54. The number of nitrogens with zero attached hydrogens (tertiary/aromatic N) is 2. The Morgan fingerprint density at radius 2 is 1.94 bits per heavy atom. The summed E-state index contributed by atoms with van der Waals surface area (Å²) in [6.07, 6.45) is -2.70. The van der Waals surface area contributed by atoms with E-state index in [0.29, 0.717) is 12.1 Å². The van der Waals surface area contributed by atoms with E-state index in [2.05, 4.69) is 9.98 Å². The summed E-state index contributed by atoms with van der Waals surface area (Å²) in [5.41, 5.74) is -0.0420. The summed E-state index contributed by atoms with van der Waals surface area (Å²) in [6.45, 7) is 1.74. The molecule has 0 saturated heterocycles. The van der Waals surface area contributed by atoms with Crippen LogP contribution in [-0.4, -0.2) is 18.1 Å². The molecule has 2 rings (SSSR count). The molecule has 1 aromatic carbocycles. The van der Waals surface area contributed by atoms with Gasteiger partial charge < -0.3 is 0 Å². The first-order valence-corrected chi connectivity index (χ1v) is 5.23. The van der Waals surface area contributed by atoms with E-state index < -0.39 is 11.7 Å². The molecular formula is C12H11F3N2. The number of alkyl halides is 3. The van der Waals surface area contributed by atoms with Gasteiger partial charge >= 0.3 is 6.18 Å². The molecule has 0 radical (unpaired) electrons. The topological polar surface area (TPSA) is 24.7 Å². The van der Waals surface area contributed by atoms with E-state index in [-0.39, 0.29) is 11.7 Å². The van der Waals surface area contributed by atoms with E-state index in [1.54, 1.807) is 19.2 Å². The van der Waals surface area contributed by atoms with Crippen molar-refractivity contribution in [1.29, 1.82) is 0 Å². The van der Waals surface area contributed by atoms with Crippen LogP contribution in [-0.2, 0) is 6.18 Å². The molecule has 1 atom stereocenters. The lowest BCUT2D eigenvalue weighted by Crippen LogP contribution is -2.17. The van der Waals surface area contributed by atoms with Gasteiger partial charge in [-0.05, 0) is 13.0 Å². The lowest BCUT2D eigenvalue weighted by molar-refractivity contribution is -0.137. The zero-order valence-corrected chi connectivity index (χ0v) is 9.20. The Morgan fingerprint density at radius 3 is 2.59 bits per heavy atom. The molecule has 0 aromatic heterocycles. The smallest absolute Gasteiger partial charge is 0.271 e. The molecule has 0 N–H and O–H groups in total. The van der Waals surface area contributed by atoms with Gasteiger partial charge in [-0.1, -0.05) is 18.2 Å². The van der Waals surface area contributed by atoms with E-state index in [1.165, 1.54) is 12.1 Å². The molecule has 1 aromatic rings. The monoisotopic (exact) mass is 240 g/mol. The van der Waals surface area contributed by atoms with Gasteiger partial charge in [-0.25, -0.2) is 0 Å². The fraction of sp³-hybridized carbons (Fsp3) is 0.333. The molecule has 1 aliphatic rings. The minimum atomic E-state index is -4.35. The first kappa shape index (κ1) is 11.8. The van der Waals surface area contributed by atoms with Gasteiger partial charge in [0.1, 0.15) is 6.17 Å². The third-order valence-electron chi connectivity index (χ3n) is 2.49. The fourth-order valence-corrected chi connectivity index (χ4v) is 1.76. The second-order valence-electron chi connectivity index (χ2n) is 3.79. The van der Waals surface area contributed by atoms with Gasteiger partial charge in [-0.2, -0.15) is 13.2 Å². The second-order valence-corrected chi connectivity index (χ2v) is 3.79. The molecule has 17 heavy (non-hydrogen) atoms. The second kappa shape index (κ2) is 4.31. The van der Waals surface area contributed by atoms with Gasteiger partial charge in [0, 0.05) is 18.2 Å². The van der Waals surface area contributed by atoms with Crippen LogP contribution in [0.1, 0.15) is 24.5 Å². The lowest BCUT2D eigenvalue weighted by Gasteiger charge is -2.16. The van der Waals surface area contributed by atoms with Crippen molar-refractivity contribution in [2.24, 2.45) is 9.98 Å². The van der Waals surface area contributed by atoms with Gasteiger partial charge in [-0.15, -0.1) is 0 Å². The van der Waals surface area contributed by atoms with Crippen molar-refractivity contribution >= 4 is 11.9 Å². The molecule has 2 nitrogen and oxygen atoms in total. The molecule has 90 valence electrons. The van der Waals surface area contributed by atoms with E-state index in [1.807, 2.05) is 0 Å². The Balaban J connectivity index is 2.46. The number of halogens is 3. The molecule has 1 unspecified atom stereocenters. The Morgan fingerprint density at radius 1 is 1.24 bits per heavy atom. The van der Waals surface area contributed by atoms with Crippen molar-refractivity contribution in [2.45, 2.75) is 25.7 Å². The maximum absolute atomic E-state index is 12.8. The summed E-state index contributed by atoms with van der Waals surface area (Å²) >= 11 is 0. The quantitative estimate of drug-likeness (QED) is 0.719. The first-order chi connectivity index (χ1) is 7.98. The highest BCUT2D eigenvalue weighted by Crippen LogP contribution is 2.32. The van der Waals surface area contributed by atoms with Gasteiger partial charge in [0.2, 0.25) is 0 Å². The molecule has 5 heteroatoms. The van der Waals surface area contributed by atoms with E-state index in [9.17, 15) is 13.2 Å². The van der Waals surface area contributed by atoms with Crippen molar-refractivity contribution in [3.8, 4) is 0 Å². The van der Waals surface area contributed by atoms with Crippen LogP contribution in [0.15, 0.2) is 34.3 Å². The molecule has 1 aliphatic heterocycles. The van der Waals surface area contributed by atoms with Crippen molar-refractivity contribution in [3.05, 3.63) is 35.4 Å². The molecule has 1 heterocycles. The number of rotatable bonds is 1. The standard InChI is InChI=1S/C12H11F3N2/c1-8-16-7-6-11(17-8)9-4-2-3-5-10(9)12(13,14)15/h2-5,7-8H,6H2,1H3. The zero-order valence-electron chi connectivity index (χ0n) is 9.20. The Labute approximate surface area is 96.9 Å². The van der Waals surface area contributed by atoms with E-state index in [4.69, 9.17) is 0 Å². The summed E-state index contributed by atoms with van der Waals surface area (Å²) in [5, 5.41) is 0. The molecular weight excluding hydrogens is 229 g/mol. The predicted octanol–water partition coefficient (Wildman–Crippen LogP) is 3.32. The summed E-state index contributed by atoms with van der Waals surface area (Å²) in [5.74, 6) is 0. The molecule has 0 bridgehead atoms. The van der Waals surface area contributed by atoms with Crippen LogP contribution in [0.5, 0.6) is 0 Å². The average Bonchev–Trinajstić information content (AvgIpc) is 2.28. The minimum absolute atomic E-state index is 0.151. The van der Waals surface area contributed by atoms with Crippen molar-refractivity contribution in [2.75, 3.05) is 0 Å². The van der Waals surface area contributed by atoms with Crippen LogP contribution in [0, 0.1) is 0 Å². The molecule has 0 amide bonds. The average molecular weight is 240 g/mol. The van der Waals surface area contributed by atoms with Crippen LogP contribution < -0.4 is 0 Å². The van der Waals surface area contributed by atoms with Crippen LogP contribution in [0.3, 0.4) is 0 Å². The summed E-state index contributed by atoms with van der Waals surface area (Å²) < 4.78 is 38.4. The number of hydrogen-bond acceptors (Lipinski definition) is 2. The lowest BCUT2D eigenvalue weighted by atomic mass is 10.00. The zero-order chi connectivity index (χ0) is 12.5. The van der Waals surface area contributed by atoms with Gasteiger partial charge in [0.25, 0.3) is 0 Å². The summed E-state index contributed by atoms with van der Waals surface area (Å²) in [4.78, 5) is 8.15. The summed E-state index contributed by atoms with van der Waals surface area (Å²) in [7, 11) is 0. The Bertz CT molecular complexity index is 475. The van der Waals surface area contributed by atoms with Crippen LogP contribution in [0.4, 0.5) is 13.2 Å². The van der Waals surface area contributed by atoms with Crippen molar-refractivity contribution in [3.63, 3.8) is 0 Å². The molecule has 0 fully saturated rings. The Kier molecular flexibility index (Phi) is 3.00. The highest BCUT2D eigenvalue weighted by molar-refractivity contribution is 6.09. The molecule has 0 saturated carbocycles. The Hall–Kier alpha value is -1.65.